The van der Waals surface area contributed by atoms with Gasteiger partial charge in [-0.25, -0.2) is 4.98 Å². The molecule has 114 valence electrons. The molecule has 3 rings (SSSR count). The largest absolute Gasteiger partial charge is 0.494 e. The van der Waals surface area contributed by atoms with Crippen LogP contribution >= 0.6 is 11.6 Å². The third kappa shape index (κ3) is 2.87. The van der Waals surface area contributed by atoms with E-state index >= 15 is 0 Å². The Morgan fingerprint density at radius 1 is 1.29 bits per heavy atom. The molecule has 0 amide bonds. The average molecular weight is 308 g/mol. The first kappa shape index (κ1) is 14.7. The van der Waals surface area contributed by atoms with Crippen molar-refractivity contribution in [3.05, 3.63) is 24.0 Å². The monoisotopic (exact) mass is 307 g/mol. The Labute approximate surface area is 130 Å². The van der Waals surface area contributed by atoms with E-state index < -0.39 is 0 Å². The molecule has 1 aromatic heterocycles. The van der Waals surface area contributed by atoms with Gasteiger partial charge in [0, 0.05) is 13.1 Å². The van der Waals surface area contributed by atoms with Crippen LogP contribution in [0.3, 0.4) is 0 Å². The number of methoxy groups -OCH3 is 1. The minimum atomic E-state index is -0.110. The van der Waals surface area contributed by atoms with Gasteiger partial charge in [-0.2, -0.15) is 0 Å². The number of ether oxygens (including phenoxy) is 1. The summed E-state index contributed by atoms with van der Waals surface area (Å²) >= 11 is 6.33. The molecule has 1 saturated heterocycles. The number of aromatic nitrogens is 2. The van der Waals surface area contributed by atoms with E-state index in [4.69, 9.17) is 21.3 Å². The number of rotatable bonds is 5. The van der Waals surface area contributed by atoms with Crippen LogP contribution in [0.25, 0.3) is 11.0 Å². The van der Waals surface area contributed by atoms with Crippen LogP contribution in [0.4, 0.5) is 0 Å². The summed E-state index contributed by atoms with van der Waals surface area (Å²) < 4.78 is 7.67. The number of halogens is 1. The van der Waals surface area contributed by atoms with Gasteiger partial charge in [0.25, 0.3) is 0 Å². The van der Waals surface area contributed by atoms with Gasteiger partial charge in [0.1, 0.15) is 17.1 Å². The van der Waals surface area contributed by atoms with Gasteiger partial charge < -0.3 is 14.2 Å². The van der Waals surface area contributed by atoms with Crippen molar-refractivity contribution in [3.63, 3.8) is 0 Å². The Morgan fingerprint density at radius 2 is 2.05 bits per heavy atom. The lowest BCUT2D eigenvalue weighted by Gasteiger charge is -2.17. The molecular weight excluding hydrogens is 286 g/mol. The third-order valence-electron chi connectivity index (χ3n) is 4.19. The predicted octanol–water partition coefficient (Wildman–Crippen LogP) is 3.44. The van der Waals surface area contributed by atoms with Crippen LogP contribution in [-0.4, -0.2) is 41.2 Å². The maximum atomic E-state index is 6.33. The second-order valence-electron chi connectivity index (χ2n) is 5.61. The molecule has 0 N–H and O–H groups in total. The van der Waals surface area contributed by atoms with Gasteiger partial charge in [-0.3, -0.25) is 0 Å². The zero-order valence-electron chi connectivity index (χ0n) is 12.7. The van der Waals surface area contributed by atoms with Gasteiger partial charge in [0.15, 0.2) is 0 Å². The molecule has 21 heavy (non-hydrogen) atoms. The molecule has 0 spiro atoms. The molecule has 1 fully saturated rings. The first-order valence-electron chi connectivity index (χ1n) is 7.60. The Hall–Kier alpha value is -1.26. The lowest BCUT2D eigenvalue weighted by atomic mass is 10.3. The lowest BCUT2D eigenvalue weighted by Crippen LogP contribution is -2.24. The summed E-state index contributed by atoms with van der Waals surface area (Å²) in [6.07, 6.45) is 2.63. The van der Waals surface area contributed by atoms with Crippen LogP contribution in [0.1, 0.15) is 31.0 Å². The Kier molecular flexibility index (Phi) is 4.36. The number of hydrogen-bond donors (Lipinski definition) is 0. The highest BCUT2D eigenvalue weighted by Gasteiger charge is 2.18. The van der Waals surface area contributed by atoms with Crippen LogP contribution in [0.5, 0.6) is 5.75 Å². The van der Waals surface area contributed by atoms with Crippen molar-refractivity contribution in [1.29, 1.82) is 0 Å². The van der Waals surface area contributed by atoms with Crippen LogP contribution in [-0.2, 0) is 6.54 Å². The minimum absolute atomic E-state index is 0.110. The van der Waals surface area contributed by atoms with Gasteiger partial charge in [-0.05, 0) is 45.0 Å². The zero-order valence-corrected chi connectivity index (χ0v) is 13.4. The summed E-state index contributed by atoms with van der Waals surface area (Å²) in [6.45, 7) is 6.38. The fourth-order valence-electron chi connectivity index (χ4n) is 3.09. The van der Waals surface area contributed by atoms with Crippen molar-refractivity contribution in [2.75, 3.05) is 26.7 Å². The quantitative estimate of drug-likeness (QED) is 0.793. The first-order valence-corrected chi connectivity index (χ1v) is 8.04. The Balaban J connectivity index is 1.95. The number of fused-ring (bicyclic) bond motifs is 1. The summed E-state index contributed by atoms with van der Waals surface area (Å²) in [5.74, 6) is 1.74. The van der Waals surface area contributed by atoms with Gasteiger partial charge in [-0.1, -0.05) is 6.07 Å². The average Bonchev–Trinajstić information content (AvgIpc) is 3.11. The molecule has 0 radical (unpaired) electrons. The van der Waals surface area contributed by atoms with Crippen molar-refractivity contribution in [1.82, 2.24) is 14.5 Å². The third-order valence-corrected chi connectivity index (χ3v) is 4.38. The van der Waals surface area contributed by atoms with Crippen LogP contribution in [0, 0.1) is 0 Å². The molecule has 1 unspecified atom stereocenters. The standard InChI is InChI=1S/C16H22ClN3O/c1-12(17)16-18-15-13(6-5-7-14(15)21-2)20(16)11-10-19-8-3-4-9-19/h5-7,12H,3-4,8-11H2,1-2H3. The van der Waals surface area contributed by atoms with Crippen molar-refractivity contribution < 1.29 is 4.74 Å². The zero-order chi connectivity index (χ0) is 14.8. The van der Waals surface area contributed by atoms with Crippen molar-refractivity contribution >= 4 is 22.6 Å². The number of para-hydroxylation sites is 1. The Bertz CT molecular complexity index is 617. The van der Waals surface area contributed by atoms with Gasteiger partial charge in [-0.15, -0.1) is 11.6 Å². The predicted molar refractivity (Wildman–Crippen MR) is 86.2 cm³/mol. The normalized spacial score (nSPS) is 17.5. The highest BCUT2D eigenvalue weighted by Crippen LogP contribution is 2.30. The van der Waals surface area contributed by atoms with Crippen molar-refractivity contribution in [2.45, 2.75) is 31.7 Å². The molecule has 2 heterocycles. The topological polar surface area (TPSA) is 30.3 Å². The summed E-state index contributed by atoms with van der Waals surface area (Å²) in [6, 6.07) is 6.05. The van der Waals surface area contributed by atoms with E-state index in [1.165, 1.54) is 25.9 Å². The van der Waals surface area contributed by atoms with E-state index in [-0.39, 0.29) is 5.38 Å². The number of imidazole rings is 1. The number of hydrogen-bond acceptors (Lipinski definition) is 3. The summed E-state index contributed by atoms with van der Waals surface area (Å²) in [7, 11) is 1.68. The summed E-state index contributed by atoms with van der Waals surface area (Å²) in [5, 5.41) is -0.110. The van der Waals surface area contributed by atoms with E-state index in [2.05, 4.69) is 15.5 Å². The fourth-order valence-corrected chi connectivity index (χ4v) is 3.26. The molecular formula is C16H22ClN3O. The number of likely N-dealkylation sites (tertiary alicyclic amines) is 1. The number of nitrogens with zero attached hydrogens (tertiary/aromatic N) is 3. The highest BCUT2D eigenvalue weighted by molar-refractivity contribution is 6.20. The fraction of sp³-hybridized carbons (Fsp3) is 0.562. The maximum Gasteiger partial charge on any atom is 0.146 e. The van der Waals surface area contributed by atoms with Crippen LogP contribution < -0.4 is 4.74 Å². The molecule has 4 nitrogen and oxygen atoms in total. The smallest absolute Gasteiger partial charge is 0.146 e. The van der Waals surface area contributed by atoms with Gasteiger partial charge in [0.05, 0.1) is 18.0 Å². The molecule has 1 aliphatic heterocycles. The van der Waals surface area contributed by atoms with Crippen LogP contribution in [0.15, 0.2) is 18.2 Å². The van der Waals surface area contributed by atoms with E-state index in [9.17, 15) is 0 Å². The van der Waals surface area contributed by atoms with Gasteiger partial charge >= 0.3 is 0 Å². The van der Waals surface area contributed by atoms with Crippen molar-refractivity contribution in [3.8, 4) is 5.75 Å². The molecule has 0 aliphatic carbocycles. The second-order valence-corrected chi connectivity index (χ2v) is 6.27. The molecule has 1 aliphatic rings. The Morgan fingerprint density at radius 3 is 2.71 bits per heavy atom. The lowest BCUT2D eigenvalue weighted by molar-refractivity contribution is 0.322. The molecule has 1 atom stereocenters. The maximum absolute atomic E-state index is 6.33. The molecule has 0 saturated carbocycles. The summed E-state index contributed by atoms with van der Waals surface area (Å²) in [5.41, 5.74) is 2.01. The van der Waals surface area contributed by atoms with E-state index in [1.54, 1.807) is 7.11 Å². The van der Waals surface area contributed by atoms with Crippen molar-refractivity contribution in [2.24, 2.45) is 0 Å². The van der Waals surface area contributed by atoms with E-state index in [0.717, 1.165) is 35.7 Å². The van der Waals surface area contributed by atoms with E-state index in [1.807, 2.05) is 19.1 Å². The first-order chi connectivity index (χ1) is 10.2. The highest BCUT2D eigenvalue weighted by atomic mass is 35.5. The minimum Gasteiger partial charge on any atom is -0.494 e. The SMILES string of the molecule is COc1cccc2c1nc(C(C)Cl)n2CCN1CCCC1. The summed E-state index contributed by atoms with van der Waals surface area (Å²) in [4.78, 5) is 7.22. The van der Waals surface area contributed by atoms with Gasteiger partial charge in [0.2, 0.25) is 0 Å². The molecule has 1 aromatic carbocycles. The number of benzene rings is 1. The second kappa shape index (κ2) is 6.24. The van der Waals surface area contributed by atoms with Crippen LogP contribution in [0.2, 0.25) is 0 Å². The molecule has 2 aromatic rings. The molecule has 0 bridgehead atoms. The molecule has 5 heteroatoms. The number of alkyl halides is 1. The van der Waals surface area contributed by atoms with E-state index in [0.29, 0.717) is 0 Å².